The molecule has 0 heterocycles. The fourth-order valence-corrected chi connectivity index (χ4v) is 11.3. The minimum absolute atomic E-state index is 0.0175. The Balaban J connectivity index is 3.32. The summed E-state index contributed by atoms with van der Waals surface area (Å²) in [5.74, 6) is -0.0449. The molecule has 3 N–H and O–H groups in total. The monoisotopic (exact) mass is 1100 g/mol. The van der Waals surface area contributed by atoms with E-state index in [0.29, 0.717) is 19.4 Å². The third-order valence-corrected chi connectivity index (χ3v) is 16.7. The number of hydrogen-bond donors (Lipinski definition) is 3. The SMILES string of the molecule is CCCCCCCCC/C=C\CCCCCCCCCC(=O)OCCCCCCCCCCCCCCCCCCCCCCCCCCCCCCCCC(=O)NC(CO)C(O)/C=C/CCCCCCCCCCCCC. The average Bonchev–Trinajstić information content (AvgIpc) is 3.44. The predicted molar refractivity (Wildman–Crippen MR) is 343 cm³/mol. The third kappa shape index (κ3) is 63.5. The first-order valence-corrected chi connectivity index (χ1v) is 35.6. The summed E-state index contributed by atoms with van der Waals surface area (Å²) in [5.41, 5.74) is 0. The molecule has 2 atom stereocenters. The van der Waals surface area contributed by atoms with Gasteiger partial charge in [0.25, 0.3) is 0 Å². The number of nitrogens with one attached hydrogen (secondary N) is 1. The molecular weight excluding hydrogens is 959 g/mol. The number of allylic oxidation sites excluding steroid dienone is 3. The first-order valence-electron chi connectivity index (χ1n) is 35.6. The Morgan fingerprint density at radius 1 is 0.346 bits per heavy atom. The van der Waals surface area contributed by atoms with E-state index < -0.39 is 12.1 Å². The Morgan fingerprint density at radius 3 is 0.910 bits per heavy atom. The zero-order valence-electron chi connectivity index (χ0n) is 52.9. The summed E-state index contributed by atoms with van der Waals surface area (Å²) in [7, 11) is 0. The maximum Gasteiger partial charge on any atom is 0.305 e. The lowest BCUT2D eigenvalue weighted by atomic mass is 10.0. The molecule has 78 heavy (non-hydrogen) atoms. The average molecular weight is 1100 g/mol. The van der Waals surface area contributed by atoms with Gasteiger partial charge in [0.15, 0.2) is 0 Å². The minimum Gasteiger partial charge on any atom is -0.466 e. The fourth-order valence-electron chi connectivity index (χ4n) is 11.3. The Kier molecular flexibility index (Phi) is 66.4. The molecule has 462 valence electrons. The number of carbonyl (C=O) groups excluding carboxylic acids is 2. The molecule has 0 aliphatic carbocycles. The lowest BCUT2D eigenvalue weighted by Crippen LogP contribution is -2.45. The minimum atomic E-state index is -0.840. The molecule has 6 nitrogen and oxygen atoms in total. The molecule has 0 radical (unpaired) electrons. The lowest BCUT2D eigenvalue weighted by molar-refractivity contribution is -0.143. The van der Waals surface area contributed by atoms with E-state index in [1.165, 1.54) is 327 Å². The van der Waals surface area contributed by atoms with Crippen LogP contribution in [0.4, 0.5) is 0 Å². The van der Waals surface area contributed by atoms with Crippen LogP contribution < -0.4 is 5.32 Å². The van der Waals surface area contributed by atoms with E-state index in [1.54, 1.807) is 6.08 Å². The van der Waals surface area contributed by atoms with Crippen molar-refractivity contribution in [1.29, 1.82) is 0 Å². The van der Waals surface area contributed by atoms with Crippen LogP contribution in [0.1, 0.15) is 399 Å². The van der Waals surface area contributed by atoms with E-state index in [1.807, 2.05) is 6.08 Å². The van der Waals surface area contributed by atoms with Crippen molar-refractivity contribution in [2.75, 3.05) is 13.2 Å². The highest BCUT2D eigenvalue weighted by molar-refractivity contribution is 5.76. The van der Waals surface area contributed by atoms with Crippen LogP contribution in [-0.4, -0.2) is 47.4 Å². The molecule has 0 bridgehead atoms. The maximum atomic E-state index is 12.5. The number of carbonyl (C=O) groups is 2. The van der Waals surface area contributed by atoms with E-state index in [4.69, 9.17) is 4.74 Å². The molecule has 0 rings (SSSR count). The van der Waals surface area contributed by atoms with Gasteiger partial charge in [-0.1, -0.05) is 353 Å². The van der Waals surface area contributed by atoms with Gasteiger partial charge in [-0.25, -0.2) is 0 Å². The highest BCUT2D eigenvalue weighted by Crippen LogP contribution is 2.19. The number of rotatable bonds is 67. The van der Waals surface area contributed by atoms with Gasteiger partial charge in [-0.3, -0.25) is 9.59 Å². The standard InChI is InChI=1S/C72H139NO5/c1-3-5-7-9-11-13-15-17-18-19-35-38-42-46-50-54-58-62-66-72(77)78-67-63-59-55-51-47-43-39-36-33-31-29-27-25-23-21-20-22-24-26-28-30-32-34-37-41-45-49-53-57-61-65-71(76)73-69(68-74)70(75)64-60-56-52-48-44-40-16-14-12-10-8-6-4-2/h18-19,60,64,69-70,74-75H,3-17,20-59,61-63,65-68H2,1-2H3,(H,73,76)/b19-18-,64-60+. The lowest BCUT2D eigenvalue weighted by Gasteiger charge is -2.20. The van der Waals surface area contributed by atoms with Crippen LogP contribution in [0.3, 0.4) is 0 Å². The Labute approximate surface area is 488 Å². The van der Waals surface area contributed by atoms with Gasteiger partial charge in [0.2, 0.25) is 5.91 Å². The number of esters is 1. The van der Waals surface area contributed by atoms with Crippen molar-refractivity contribution in [3.8, 4) is 0 Å². The van der Waals surface area contributed by atoms with E-state index >= 15 is 0 Å². The van der Waals surface area contributed by atoms with E-state index in [9.17, 15) is 19.8 Å². The zero-order valence-corrected chi connectivity index (χ0v) is 52.9. The van der Waals surface area contributed by atoms with Crippen molar-refractivity contribution in [3.05, 3.63) is 24.3 Å². The quantitative estimate of drug-likeness (QED) is 0.0320. The van der Waals surface area contributed by atoms with Crippen LogP contribution in [-0.2, 0) is 14.3 Å². The molecule has 0 aliphatic heterocycles. The molecule has 0 aromatic heterocycles. The largest absolute Gasteiger partial charge is 0.466 e. The second-order valence-electron chi connectivity index (χ2n) is 24.6. The Hall–Kier alpha value is -1.66. The van der Waals surface area contributed by atoms with Gasteiger partial charge in [0.1, 0.15) is 0 Å². The molecule has 0 fully saturated rings. The number of unbranched alkanes of at least 4 members (excludes halogenated alkanes) is 54. The number of amides is 1. The van der Waals surface area contributed by atoms with E-state index in [-0.39, 0.29) is 18.5 Å². The molecule has 0 aromatic carbocycles. The molecule has 0 spiro atoms. The Bertz CT molecular complexity index is 1220. The summed E-state index contributed by atoms with van der Waals surface area (Å²) >= 11 is 0. The molecule has 0 saturated carbocycles. The van der Waals surface area contributed by atoms with Crippen molar-refractivity contribution in [2.24, 2.45) is 0 Å². The second kappa shape index (κ2) is 67.8. The molecule has 0 saturated heterocycles. The second-order valence-corrected chi connectivity index (χ2v) is 24.6. The Morgan fingerprint density at radius 2 is 0.603 bits per heavy atom. The zero-order chi connectivity index (χ0) is 56.4. The van der Waals surface area contributed by atoms with Gasteiger partial charge in [0, 0.05) is 12.8 Å². The maximum absolute atomic E-state index is 12.5. The first kappa shape index (κ1) is 76.3. The van der Waals surface area contributed by atoms with Crippen LogP contribution in [0.5, 0.6) is 0 Å². The van der Waals surface area contributed by atoms with Crippen LogP contribution in [0.2, 0.25) is 0 Å². The van der Waals surface area contributed by atoms with Crippen LogP contribution in [0.15, 0.2) is 24.3 Å². The van der Waals surface area contributed by atoms with Crippen molar-refractivity contribution in [1.82, 2.24) is 5.32 Å². The van der Waals surface area contributed by atoms with Gasteiger partial charge < -0.3 is 20.3 Å². The van der Waals surface area contributed by atoms with Gasteiger partial charge >= 0.3 is 5.97 Å². The van der Waals surface area contributed by atoms with Crippen LogP contribution >= 0.6 is 0 Å². The van der Waals surface area contributed by atoms with Crippen molar-refractivity contribution in [2.45, 2.75) is 411 Å². The van der Waals surface area contributed by atoms with Gasteiger partial charge in [-0.2, -0.15) is 0 Å². The highest BCUT2D eigenvalue weighted by Gasteiger charge is 2.18. The van der Waals surface area contributed by atoms with Crippen LogP contribution in [0, 0.1) is 0 Å². The molecule has 6 heteroatoms. The normalized spacial score (nSPS) is 12.6. The summed E-state index contributed by atoms with van der Waals surface area (Å²) in [6.45, 7) is 4.93. The highest BCUT2D eigenvalue weighted by atomic mass is 16.5. The van der Waals surface area contributed by atoms with Gasteiger partial charge in [-0.15, -0.1) is 0 Å². The number of hydrogen-bond acceptors (Lipinski definition) is 5. The van der Waals surface area contributed by atoms with E-state index in [2.05, 4.69) is 31.3 Å². The van der Waals surface area contributed by atoms with Crippen molar-refractivity contribution >= 4 is 11.9 Å². The summed E-state index contributed by atoms with van der Waals surface area (Å²) < 4.78 is 5.51. The van der Waals surface area contributed by atoms with E-state index in [0.717, 1.165) is 44.9 Å². The smallest absolute Gasteiger partial charge is 0.305 e. The molecule has 0 aromatic rings. The van der Waals surface area contributed by atoms with Crippen molar-refractivity contribution < 1.29 is 24.5 Å². The number of aliphatic hydroxyl groups is 2. The van der Waals surface area contributed by atoms with Gasteiger partial charge in [-0.05, 0) is 57.8 Å². The topological polar surface area (TPSA) is 95.9 Å². The van der Waals surface area contributed by atoms with Crippen molar-refractivity contribution in [3.63, 3.8) is 0 Å². The number of aliphatic hydroxyl groups excluding tert-OH is 2. The summed E-state index contributed by atoms with van der Waals surface area (Å²) in [6.07, 6.45) is 85.5. The molecule has 0 aliphatic rings. The molecule has 1 amide bonds. The third-order valence-electron chi connectivity index (χ3n) is 16.7. The summed E-state index contributed by atoms with van der Waals surface area (Å²) in [4.78, 5) is 24.6. The molecule has 2 unspecified atom stereocenters. The first-order chi connectivity index (χ1) is 38.5. The molecular formula is C72H139NO5. The van der Waals surface area contributed by atoms with Crippen LogP contribution in [0.25, 0.3) is 0 Å². The fraction of sp³-hybridized carbons (Fsp3) is 0.917. The number of ether oxygens (including phenoxy) is 1. The summed E-state index contributed by atoms with van der Waals surface area (Å²) in [5, 5.41) is 23.1. The van der Waals surface area contributed by atoms with Gasteiger partial charge in [0.05, 0.1) is 25.4 Å². The summed E-state index contributed by atoms with van der Waals surface area (Å²) in [6, 6.07) is -0.624. The predicted octanol–water partition coefficient (Wildman–Crippen LogP) is 22.9.